The van der Waals surface area contributed by atoms with Crippen molar-refractivity contribution in [1.29, 1.82) is 0 Å². The predicted octanol–water partition coefficient (Wildman–Crippen LogP) is 4.58. The first-order valence-corrected chi connectivity index (χ1v) is 6.41. The van der Waals surface area contributed by atoms with Crippen molar-refractivity contribution in [3.63, 3.8) is 0 Å². The van der Waals surface area contributed by atoms with E-state index in [1.54, 1.807) is 12.1 Å². The van der Waals surface area contributed by atoms with Gasteiger partial charge in [-0.15, -0.1) is 0 Å². The molecule has 0 fully saturated rings. The lowest BCUT2D eigenvalue weighted by atomic mass is 10.1. The number of anilines is 1. The highest BCUT2D eigenvalue weighted by atomic mass is 35.5. The number of hydrogen-bond donors (Lipinski definition) is 1. The molecule has 2 aromatic rings. The molecule has 0 aliphatic heterocycles. The van der Waals surface area contributed by atoms with Gasteiger partial charge in [0, 0.05) is 5.69 Å². The smallest absolute Gasteiger partial charge is 0.141 e. The van der Waals surface area contributed by atoms with E-state index in [1.165, 1.54) is 17.2 Å². The third kappa shape index (κ3) is 2.08. The van der Waals surface area contributed by atoms with Crippen LogP contribution in [0.3, 0.4) is 0 Å². The summed E-state index contributed by atoms with van der Waals surface area (Å²) in [4.78, 5) is 0. The molecule has 0 heterocycles. The fourth-order valence-corrected chi connectivity index (χ4v) is 2.67. The first kappa shape index (κ1) is 11.5. The highest BCUT2D eigenvalue weighted by Gasteiger charge is 2.21. The van der Waals surface area contributed by atoms with E-state index in [0.717, 1.165) is 18.5 Å². The van der Waals surface area contributed by atoms with Gasteiger partial charge in [0.25, 0.3) is 0 Å². The SMILES string of the molecule is Fc1ccc(NC2CCc3ccccc32)cc1Cl. The van der Waals surface area contributed by atoms with Crippen LogP contribution in [0.25, 0.3) is 0 Å². The molecule has 0 saturated carbocycles. The van der Waals surface area contributed by atoms with E-state index >= 15 is 0 Å². The van der Waals surface area contributed by atoms with E-state index in [-0.39, 0.29) is 10.8 Å². The quantitative estimate of drug-likeness (QED) is 0.834. The van der Waals surface area contributed by atoms with E-state index in [4.69, 9.17) is 11.6 Å². The van der Waals surface area contributed by atoms with Gasteiger partial charge >= 0.3 is 0 Å². The highest BCUT2D eigenvalue weighted by Crippen LogP contribution is 2.34. The zero-order chi connectivity index (χ0) is 12.5. The van der Waals surface area contributed by atoms with Crippen molar-refractivity contribution in [2.75, 3.05) is 5.32 Å². The van der Waals surface area contributed by atoms with Crippen LogP contribution in [0.5, 0.6) is 0 Å². The van der Waals surface area contributed by atoms with Crippen LogP contribution in [-0.4, -0.2) is 0 Å². The van der Waals surface area contributed by atoms with Gasteiger partial charge in [0.1, 0.15) is 5.82 Å². The Balaban J connectivity index is 1.84. The molecule has 0 amide bonds. The maximum atomic E-state index is 13.1. The summed E-state index contributed by atoms with van der Waals surface area (Å²) in [5, 5.41) is 3.57. The molecule has 18 heavy (non-hydrogen) atoms. The van der Waals surface area contributed by atoms with Crippen molar-refractivity contribution in [3.8, 4) is 0 Å². The second kappa shape index (κ2) is 4.62. The molecule has 1 aliphatic carbocycles. The summed E-state index contributed by atoms with van der Waals surface area (Å²) in [6, 6.07) is 13.5. The van der Waals surface area contributed by atoms with Gasteiger partial charge in [-0.25, -0.2) is 4.39 Å². The van der Waals surface area contributed by atoms with Crippen LogP contribution >= 0.6 is 11.6 Å². The molecule has 92 valence electrons. The van der Waals surface area contributed by atoms with Gasteiger partial charge in [-0.2, -0.15) is 0 Å². The third-order valence-electron chi connectivity index (χ3n) is 3.39. The minimum atomic E-state index is -0.381. The van der Waals surface area contributed by atoms with Crippen LogP contribution in [0.1, 0.15) is 23.6 Å². The Kier molecular flexibility index (Phi) is 2.96. The monoisotopic (exact) mass is 261 g/mol. The van der Waals surface area contributed by atoms with Crippen LogP contribution in [0, 0.1) is 5.82 Å². The summed E-state index contributed by atoms with van der Waals surface area (Å²) in [6.07, 6.45) is 2.15. The molecular weight excluding hydrogens is 249 g/mol. The normalized spacial score (nSPS) is 17.6. The van der Waals surface area contributed by atoms with Crippen molar-refractivity contribution in [1.82, 2.24) is 0 Å². The molecule has 1 aliphatic rings. The number of hydrogen-bond acceptors (Lipinski definition) is 1. The molecule has 1 unspecified atom stereocenters. The lowest BCUT2D eigenvalue weighted by Crippen LogP contribution is -2.06. The third-order valence-corrected chi connectivity index (χ3v) is 3.68. The van der Waals surface area contributed by atoms with Crippen LogP contribution in [0.4, 0.5) is 10.1 Å². The zero-order valence-corrected chi connectivity index (χ0v) is 10.5. The summed E-state index contributed by atoms with van der Waals surface area (Å²) < 4.78 is 13.1. The Morgan fingerprint density at radius 3 is 2.83 bits per heavy atom. The maximum Gasteiger partial charge on any atom is 0.141 e. The molecule has 0 saturated heterocycles. The molecule has 0 spiro atoms. The van der Waals surface area contributed by atoms with Crippen LogP contribution in [-0.2, 0) is 6.42 Å². The molecule has 3 rings (SSSR count). The Morgan fingerprint density at radius 1 is 1.17 bits per heavy atom. The summed E-state index contributed by atoms with van der Waals surface area (Å²) in [6.45, 7) is 0. The van der Waals surface area contributed by atoms with E-state index in [9.17, 15) is 4.39 Å². The molecule has 2 aromatic carbocycles. The summed E-state index contributed by atoms with van der Waals surface area (Å²) >= 11 is 5.78. The fraction of sp³-hybridized carbons (Fsp3) is 0.200. The first-order chi connectivity index (χ1) is 8.74. The second-order valence-corrected chi connectivity index (χ2v) is 4.97. The topological polar surface area (TPSA) is 12.0 Å². The Bertz CT molecular complexity index is 582. The summed E-state index contributed by atoms with van der Waals surface area (Å²) in [7, 11) is 0. The number of halogens is 2. The largest absolute Gasteiger partial charge is 0.378 e. The lowest BCUT2D eigenvalue weighted by molar-refractivity contribution is 0.628. The zero-order valence-electron chi connectivity index (χ0n) is 9.79. The standard InChI is InChI=1S/C15H13ClFN/c16-13-9-11(6-7-14(13)17)18-15-8-5-10-3-1-2-4-12(10)15/h1-4,6-7,9,15,18H,5,8H2. The average Bonchev–Trinajstić information content (AvgIpc) is 2.78. The minimum absolute atomic E-state index is 0.159. The van der Waals surface area contributed by atoms with E-state index in [2.05, 4.69) is 29.6 Å². The maximum absolute atomic E-state index is 13.1. The number of aryl methyl sites for hydroxylation is 1. The Hall–Kier alpha value is -1.54. The number of rotatable bonds is 2. The van der Waals surface area contributed by atoms with E-state index in [1.807, 2.05) is 0 Å². The van der Waals surface area contributed by atoms with Gasteiger partial charge in [0.15, 0.2) is 0 Å². The number of fused-ring (bicyclic) bond motifs is 1. The second-order valence-electron chi connectivity index (χ2n) is 4.56. The lowest BCUT2D eigenvalue weighted by Gasteiger charge is -2.15. The number of nitrogens with one attached hydrogen (secondary N) is 1. The average molecular weight is 262 g/mol. The first-order valence-electron chi connectivity index (χ1n) is 6.03. The van der Waals surface area contributed by atoms with E-state index in [0.29, 0.717) is 6.04 Å². The predicted molar refractivity (Wildman–Crippen MR) is 72.5 cm³/mol. The van der Waals surface area contributed by atoms with Gasteiger partial charge in [0.2, 0.25) is 0 Å². The van der Waals surface area contributed by atoms with Crippen molar-refractivity contribution >= 4 is 17.3 Å². The molecule has 1 atom stereocenters. The van der Waals surface area contributed by atoms with Gasteiger partial charge in [0.05, 0.1) is 11.1 Å². The van der Waals surface area contributed by atoms with Crippen molar-refractivity contribution in [2.45, 2.75) is 18.9 Å². The molecular formula is C15H13ClFN. The molecule has 1 N–H and O–H groups in total. The Labute approximate surface area is 111 Å². The minimum Gasteiger partial charge on any atom is -0.378 e. The van der Waals surface area contributed by atoms with E-state index < -0.39 is 0 Å². The van der Waals surface area contributed by atoms with Crippen LogP contribution < -0.4 is 5.32 Å². The van der Waals surface area contributed by atoms with Crippen molar-refractivity contribution < 1.29 is 4.39 Å². The van der Waals surface area contributed by atoms with Crippen LogP contribution in [0.2, 0.25) is 5.02 Å². The van der Waals surface area contributed by atoms with Gasteiger partial charge in [-0.3, -0.25) is 0 Å². The Morgan fingerprint density at radius 2 is 2.00 bits per heavy atom. The van der Waals surface area contributed by atoms with Crippen molar-refractivity contribution in [2.24, 2.45) is 0 Å². The molecule has 0 aromatic heterocycles. The van der Waals surface area contributed by atoms with Crippen molar-refractivity contribution in [3.05, 3.63) is 64.4 Å². The van der Waals surface area contributed by atoms with Gasteiger partial charge in [-0.1, -0.05) is 35.9 Å². The molecule has 1 nitrogen and oxygen atoms in total. The van der Waals surface area contributed by atoms with Gasteiger partial charge in [-0.05, 0) is 42.2 Å². The highest BCUT2D eigenvalue weighted by molar-refractivity contribution is 6.31. The fourth-order valence-electron chi connectivity index (χ4n) is 2.49. The summed E-state index contributed by atoms with van der Waals surface area (Å²) in [5.41, 5.74) is 3.59. The van der Waals surface area contributed by atoms with Gasteiger partial charge < -0.3 is 5.32 Å². The number of benzene rings is 2. The molecule has 0 bridgehead atoms. The van der Waals surface area contributed by atoms with Crippen LogP contribution in [0.15, 0.2) is 42.5 Å². The molecule has 3 heteroatoms. The molecule has 0 radical (unpaired) electrons. The summed E-state index contributed by atoms with van der Waals surface area (Å²) in [5.74, 6) is -0.381.